The van der Waals surface area contributed by atoms with Crippen molar-refractivity contribution in [3.63, 3.8) is 0 Å². The lowest BCUT2D eigenvalue weighted by Crippen LogP contribution is -2.15. The highest BCUT2D eigenvalue weighted by Crippen LogP contribution is 2.32. The molecule has 0 aliphatic carbocycles. The van der Waals surface area contributed by atoms with E-state index in [9.17, 15) is 0 Å². The fraction of sp³-hybridized carbons (Fsp3) is 1.00. The van der Waals surface area contributed by atoms with Crippen LogP contribution in [-0.4, -0.2) is 11.7 Å². The Morgan fingerprint density at radius 1 is 1.18 bits per heavy atom. The first kappa shape index (κ1) is 11.0. The molecule has 0 rings (SSSR count). The van der Waals surface area contributed by atoms with E-state index in [-0.39, 0.29) is 0 Å². The molecule has 0 aromatic carbocycles. The molecule has 0 aromatic heterocycles. The van der Waals surface area contributed by atoms with Gasteiger partial charge in [-0.3, -0.25) is 0 Å². The molecule has 0 spiro atoms. The van der Waals surface area contributed by atoms with Crippen LogP contribution in [0, 0.1) is 5.41 Å². The maximum Gasteiger partial charge on any atom is 0.0431 e. The third kappa shape index (κ3) is 4.41. The summed E-state index contributed by atoms with van der Waals surface area (Å²) in [4.78, 5) is 0. The van der Waals surface area contributed by atoms with E-state index in [0.29, 0.717) is 12.0 Å². The lowest BCUT2D eigenvalue weighted by molar-refractivity contribution is 0.209. The predicted octanol–water partition coefficient (Wildman–Crippen LogP) is 2.98. The molecule has 0 aliphatic rings. The van der Waals surface area contributed by atoms with E-state index < -0.39 is 0 Å². The van der Waals surface area contributed by atoms with Gasteiger partial charge in [-0.15, -0.1) is 0 Å². The topological polar surface area (TPSA) is 20.2 Å². The Labute approximate surface area is 70.8 Å². The highest BCUT2D eigenvalue weighted by molar-refractivity contribution is 4.71. The van der Waals surface area contributed by atoms with Gasteiger partial charge in [0.2, 0.25) is 0 Å². The van der Waals surface area contributed by atoms with Gasteiger partial charge in [0.05, 0.1) is 0 Å². The van der Waals surface area contributed by atoms with Crippen molar-refractivity contribution >= 4 is 0 Å². The molecule has 0 heterocycles. The Balaban J connectivity index is 3.68. The first-order valence-corrected chi connectivity index (χ1v) is 4.79. The van der Waals surface area contributed by atoms with E-state index in [4.69, 9.17) is 5.11 Å². The van der Waals surface area contributed by atoms with E-state index in [1.165, 1.54) is 25.7 Å². The zero-order valence-corrected chi connectivity index (χ0v) is 8.19. The highest BCUT2D eigenvalue weighted by atomic mass is 16.2. The highest BCUT2D eigenvalue weighted by Gasteiger charge is 2.19. The maximum absolute atomic E-state index is 8.69. The molecule has 1 nitrogen and oxygen atoms in total. The monoisotopic (exact) mass is 158 g/mol. The summed E-state index contributed by atoms with van der Waals surface area (Å²) >= 11 is 0. The number of hydrogen-bond acceptors (Lipinski definition) is 1. The average Bonchev–Trinajstić information content (AvgIpc) is 2.02. The molecule has 68 valence electrons. The van der Waals surface area contributed by atoms with Crippen molar-refractivity contribution < 1.29 is 5.11 Å². The molecule has 1 unspecified atom stereocenters. The van der Waals surface area contributed by atoms with Gasteiger partial charge < -0.3 is 5.11 Å². The third-order valence-electron chi connectivity index (χ3n) is 2.65. The molecule has 0 aliphatic heterocycles. The van der Waals surface area contributed by atoms with Gasteiger partial charge in [0.1, 0.15) is 0 Å². The Morgan fingerprint density at radius 3 is 2.18 bits per heavy atom. The second-order valence-corrected chi connectivity index (χ2v) is 3.74. The van der Waals surface area contributed by atoms with Crippen molar-refractivity contribution in [2.75, 3.05) is 6.61 Å². The quantitative estimate of drug-likeness (QED) is 0.630. The number of hydrogen-bond donors (Lipinski definition) is 1. The molecular formula is C10H22O. The summed E-state index contributed by atoms with van der Waals surface area (Å²) in [6, 6.07) is 0. The summed E-state index contributed by atoms with van der Waals surface area (Å²) in [6.07, 6.45) is 5.93. The molecule has 0 bridgehead atoms. The summed E-state index contributed by atoms with van der Waals surface area (Å²) < 4.78 is 0. The minimum atomic E-state index is 0.347. The largest absolute Gasteiger partial charge is 0.396 e. The average molecular weight is 158 g/mol. The van der Waals surface area contributed by atoms with Gasteiger partial charge in [-0.1, -0.05) is 33.6 Å². The van der Waals surface area contributed by atoms with Gasteiger partial charge in [0, 0.05) is 6.61 Å². The summed E-state index contributed by atoms with van der Waals surface area (Å²) in [6.45, 7) is 7.14. The smallest absolute Gasteiger partial charge is 0.0431 e. The molecule has 0 saturated carbocycles. The van der Waals surface area contributed by atoms with Gasteiger partial charge >= 0.3 is 0 Å². The van der Waals surface area contributed by atoms with E-state index in [1.54, 1.807) is 0 Å². The molecule has 0 fully saturated rings. The second-order valence-electron chi connectivity index (χ2n) is 3.74. The van der Waals surface area contributed by atoms with E-state index in [0.717, 1.165) is 6.42 Å². The van der Waals surface area contributed by atoms with Gasteiger partial charge in [0.15, 0.2) is 0 Å². The normalized spacial score (nSPS) is 16.4. The van der Waals surface area contributed by atoms with Crippen LogP contribution in [0.1, 0.15) is 52.9 Å². The van der Waals surface area contributed by atoms with Crippen LogP contribution in [0.4, 0.5) is 0 Å². The van der Waals surface area contributed by atoms with Gasteiger partial charge in [-0.2, -0.15) is 0 Å². The number of aliphatic hydroxyl groups excluding tert-OH is 1. The van der Waals surface area contributed by atoms with Crippen LogP contribution in [0.2, 0.25) is 0 Å². The Hall–Kier alpha value is -0.0400. The van der Waals surface area contributed by atoms with E-state index in [2.05, 4.69) is 20.8 Å². The van der Waals surface area contributed by atoms with Crippen molar-refractivity contribution in [3.8, 4) is 0 Å². The van der Waals surface area contributed by atoms with Crippen molar-refractivity contribution in [3.05, 3.63) is 0 Å². The van der Waals surface area contributed by atoms with Crippen LogP contribution in [-0.2, 0) is 0 Å². The first-order chi connectivity index (χ1) is 5.18. The van der Waals surface area contributed by atoms with Gasteiger partial charge in [0.25, 0.3) is 0 Å². The minimum absolute atomic E-state index is 0.347. The van der Waals surface area contributed by atoms with E-state index in [1.807, 2.05) is 0 Å². The van der Waals surface area contributed by atoms with E-state index >= 15 is 0 Å². The van der Waals surface area contributed by atoms with Gasteiger partial charge in [-0.05, 0) is 24.7 Å². The zero-order chi connectivity index (χ0) is 8.74. The number of aliphatic hydroxyl groups is 1. The lowest BCUT2D eigenvalue weighted by Gasteiger charge is -2.27. The van der Waals surface area contributed by atoms with Crippen LogP contribution in [0.15, 0.2) is 0 Å². The molecule has 1 N–H and O–H groups in total. The summed E-state index contributed by atoms with van der Waals surface area (Å²) in [5, 5.41) is 8.69. The summed E-state index contributed by atoms with van der Waals surface area (Å²) in [5.74, 6) is 0. The molecule has 0 radical (unpaired) electrons. The standard InChI is InChI=1S/C10H22O/c1-4-7-10(3,5-2)8-6-9-11/h11H,4-9H2,1-3H3. The maximum atomic E-state index is 8.69. The number of rotatable bonds is 6. The van der Waals surface area contributed by atoms with Crippen LogP contribution in [0.5, 0.6) is 0 Å². The fourth-order valence-corrected chi connectivity index (χ4v) is 1.59. The molecule has 0 amide bonds. The van der Waals surface area contributed by atoms with Crippen molar-refractivity contribution in [1.82, 2.24) is 0 Å². The second kappa shape index (κ2) is 5.59. The molecular weight excluding hydrogens is 136 g/mol. The van der Waals surface area contributed by atoms with Crippen LogP contribution >= 0.6 is 0 Å². The van der Waals surface area contributed by atoms with Crippen molar-refractivity contribution in [2.24, 2.45) is 5.41 Å². The zero-order valence-electron chi connectivity index (χ0n) is 8.19. The lowest BCUT2D eigenvalue weighted by atomic mass is 9.79. The summed E-state index contributed by atoms with van der Waals surface area (Å²) in [7, 11) is 0. The van der Waals surface area contributed by atoms with Gasteiger partial charge in [-0.25, -0.2) is 0 Å². The summed E-state index contributed by atoms with van der Waals surface area (Å²) in [5.41, 5.74) is 0.484. The van der Waals surface area contributed by atoms with Crippen LogP contribution in [0.25, 0.3) is 0 Å². The minimum Gasteiger partial charge on any atom is -0.396 e. The van der Waals surface area contributed by atoms with Crippen molar-refractivity contribution in [2.45, 2.75) is 52.9 Å². The Bertz CT molecular complexity index is 90.9. The third-order valence-corrected chi connectivity index (χ3v) is 2.65. The first-order valence-electron chi connectivity index (χ1n) is 4.79. The molecule has 0 saturated heterocycles. The molecule has 11 heavy (non-hydrogen) atoms. The van der Waals surface area contributed by atoms with Crippen LogP contribution < -0.4 is 0 Å². The Morgan fingerprint density at radius 2 is 1.82 bits per heavy atom. The molecule has 1 heteroatoms. The van der Waals surface area contributed by atoms with Crippen molar-refractivity contribution in [1.29, 1.82) is 0 Å². The SMILES string of the molecule is CCCC(C)(CC)CCCO. The predicted molar refractivity (Wildman–Crippen MR) is 49.6 cm³/mol. The molecule has 0 aromatic rings. The fourth-order valence-electron chi connectivity index (χ4n) is 1.59. The molecule has 1 atom stereocenters. The van der Waals surface area contributed by atoms with Crippen LogP contribution in [0.3, 0.4) is 0 Å². The Kier molecular flexibility index (Phi) is 5.57.